The quantitative estimate of drug-likeness (QED) is 0.425. The molecule has 154 valence electrons. The fraction of sp³-hybridized carbons (Fsp3) is 0.0909. The van der Waals surface area contributed by atoms with Crippen LogP contribution in [0.15, 0.2) is 78.0 Å². The second kappa shape index (κ2) is 7.73. The average Bonchev–Trinajstić information content (AvgIpc) is 3.36. The summed E-state index contributed by atoms with van der Waals surface area (Å²) in [6.45, 7) is 0.253. The van der Waals surface area contributed by atoms with Crippen LogP contribution >= 0.6 is 11.6 Å². The van der Waals surface area contributed by atoms with Crippen molar-refractivity contribution in [3.05, 3.63) is 94.3 Å². The molecule has 5 rings (SSSR count). The van der Waals surface area contributed by atoms with E-state index in [1.807, 2.05) is 48.7 Å². The summed E-state index contributed by atoms with van der Waals surface area (Å²) in [6.07, 6.45) is 5.33. The minimum atomic E-state index is -0.323. The molecule has 0 aliphatic rings. The Hall–Kier alpha value is -3.91. The summed E-state index contributed by atoms with van der Waals surface area (Å²) in [6, 6.07) is 16.9. The van der Waals surface area contributed by atoms with Gasteiger partial charge in [-0.05, 0) is 42.0 Å². The van der Waals surface area contributed by atoms with Crippen molar-refractivity contribution in [1.29, 1.82) is 0 Å². The summed E-state index contributed by atoms with van der Waals surface area (Å²) < 4.78 is 9.87. The molecule has 0 atom stereocenters. The number of nitrogens with zero attached hydrogens (tertiary/aromatic N) is 6. The van der Waals surface area contributed by atoms with E-state index in [0.717, 1.165) is 22.2 Å². The van der Waals surface area contributed by atoms with Crippen molar-refractivity contribution in [3.63, 3.8) is 0 Å². The zero-order valence-corrected chi connectivity index (χ0v) is 17.3. The Bertz CT molecular complexity index is 1440. The molecule has 0 amide bonds. The van der Waals surface area contributed by atoms with E-state index in [4.69, 9.17) is 16.3 Å². The maximum Gasteiger partial charge on any atom is 0.353 e. The monoisotopic (exact) mass is 432 g/mol. The van der Waals surface area contributed by atoms with Crippen LogP contribution < -0.4 is 10.4 Å². The second-order valence-electron chi connectivity index (χ2n) is 6.89. The van der Waals surface area contributed by atoms with Crippen molar-refractivity contribution in [2.75, 3.05) is 7.11 Å². The number of methoxy groups -OCH3 is 1. The van der Waals surface area contributed by atoms with Gasteiger partial charge in [0, 0.05) is 22.8 Å². The summed E-state index contributed by atoms with van der Waals surface area (Å²) >= 11 is 6.27. The smallest absolute Gasteiger partial charge is 0.353 e. The van der Waals surface area contributed by atoms with Gasteiger partial charge in [-0.2, -0.15) is 9.78 Å². The molecule has 2 aromatic carbocycles. The standard InChI is InChI=1S/C22H17ClN6O2/c1-31-21-26-29(22(30)27(21)13-15-5-2-3-7-19(15)23)17-8-9-20-16(11-17)14-28(25-20)18-6-4-10-24-12-18/h2-12,14H,13H2,1H3. The fourth-order valence-electron chi connectivity index (χ4n) is 3.40. The molecule has 8 nitrogen and oxygen atoms in total. The molecule has 0 fully saturated rings. The van der Waals surface area contributed by atoms with Crippen LogP contribution in [0.2, 0.25) is 5.02 Å². The molecule has 3 aromatic heterocycles. The van der Waals surface area contributed by atoms with E-state index in [2.05, 4.69) is 15.2 Å². The second-order valence-corrected chi connectivity index (χ2v) is 7.29. The normalized spacial score (nSPS) is 11.2. The highest BCUT2D eigenvalue weighted by atomic mass is 35.5. The van der Waals surface area contributed by atoms with Gasteiger partial charge in [0.25, 0.3) is 0 Å². The van der Waals surface area contributed by atoms with Crippen LogP contribution in [0.4, 0.5) is 0 Å². The third-order valence-corrected chi connectivity index (χ3v) is 5.31. The maximum atomic E-state index is 13.1. The van der Waals surface area contributed by atoms with E-state index >= 15 is 0 Å². The highest BCUT2D eigenvalue weighted by molar-refractivity contribution is 6.31. The van der Waals surface area contributed by atoms with E-state index in [-0.39, 0.29) is 18.2 Å². The number of hydrogen-bond acceptors (Lipinski definition) is 5. The van der Waals surface area contributed by atoms with Crippen molar-refractivity contribution < 1.29 is 4.74 Å². The molecule has 0 unspecified atom stereocenters. The number of aromatic nitrogens is 6. The third kappa shape index (κ3) is 3.47. The summed E-state index contributed by atoms with van der Waals surface area (Å²) in [5, 5.41) is 10.4. The van der Waals surface area contributed by atoms with E-state index in [9.17, 15) is 4.79 Å². The summed E-state index contributed by atoms with van der Waals surface area (Å²) in [7, 11) is 1.48. The first-order chi connectivity index (χ1) is 15.1. The third-order valence-electron chi connectivity index (χ3n) is 4.94. The molecule has 0 spiro atoms. The minimum Gasteiger partial charge on any atom is -0.467 e. The average molecular weight is 433 g/mol. The Morgan fingerprint density at radius 2 is 1.90 bits per heavy atom. The largest absolute Gasteiger partial charge is 0.467 e. The van der Waals surface area contributed by atoms with Gasteiger partial charge >= 0.3 is 11.7 Å². The van der Waals surface area contributed by atoms with Crippen LogP contribution in [0.25, 0.3) is 22.3 Å². The lowest BCUT2D eigenvalue weighted by Gasteiger charge is -2.05. The number of pyridine rings is 1. The van der Waals surface area contributed by atoms with E-state index in [1.165, 1.54) is 16.4 Å². The molecule has 0 N–H and O–H groups in total. The lowest BCUT2D eigenvalue weighted by Crippen LogP contribution is -2.24. The summed E-state index contributed by atoms with van der Waals surface area (Å²) in [5.74, 6) is 0. The van der Waals surface area contributed by atoms with Gasteiger partial charge in [0.2, 0.25) is 0 Å². The highest BCUT2D eigenvalue weighted by Crippen LogP contribution is 2.21. The zero-order valence-electron chi connectivity index (χ0n) is 16.5. The zero-order chi connectivity index (χ0) is 21.4. The van der Waals surface area contributed by atoms with Gasteiger partial charge in [-0.15, -0.1) is 5.10 Å². The molecule has 0 saturated heterocycles. The molecular formula is C22H17ClN6O2. The molecule has 3 heterocycles. The molecule has 0 aliphatic heterocycles. The summed E-state index contributed by atoms with van der Waals surface area (Å²) in [5.41, 5.74) is 2.73. The molecule has 9 heteroatoms. The maximum absolute atomic E-state index is 13.1. The van der Waals surface area contributed by atoms with Gasteiger partial charge < -0.3 is 4.74 Å². The number of rotatable bonds is 5. The van der Waals surface area contributed by atoms with Crippen LogP contribution in [0, 0.1) is 0 Å². The predicted molar refractivity (Wildman–Crippen MR) is 117 cm³/mol. The number of halogens is 1. The topological polar surface area (TPSA) is 79.8 Å². The first-order valence-corrected chi connectivity index (χ1v) is 9.89. The Balaban J connectivity index is 1.56. The Labute approximate surface area is 181 Å². The fourth-order valence-corrected chi connectivity index (χ4v) is 3.59. The van der Waals surface area contributed by atoms with Gasteiger partial charge in [0.15, 0.2) is 0 Å². The van der Waals surface area contributed by atoms with Gasteiger partial charge in [-0.3, -0.25) is 4.98 Å². The van der Waals surface area contributed by atoms with Crippen LogP contribution in [-0.4, -0.2) is 36.2 Å². The van der Waals surface area contributed by atoms with Crippen molar-refractivity contribution >= 4 is 22.5 Å². The van der Waals surface area contributed by atoms with Gasteiger partial charge in [-0.25, -0.2) is 14.0 Å². The molecule has 0 aliphatic carbocycles. The van der Waals surface area contributed by atoms with Crippen LogP contribution in [0.1, 0.15) is 5.56 Å². The lowest BCUT2D eigenvalue weighted by atomic mass is 10.2. The SMILES string of the molecule is COc1nn(-c2ccc3nn(-c4cccnc4)cc3c2)c(=O)n1Cc1ccccc1Cl. The Morgan fingerprint density at radius 1 is 1.03 bits per heavy atom. The molecule has 31 heavy (non-hydrogen) atoms. The number of benzene rings is 2. The van der Waals surface area contributed by atoms with Crippen molar-refractivity contribution in [2.24, 2.45) is 0 Å². The molecule has 0 radical (unpaired) electrons. The number of hydrogen-bond donors (Lipinski definition) is 0. The predicted octanol–water partition coefficient (Wildman–Crippen LogP) is 3.48. The van der Waals surface area contributed by atoms with Gasteiger partial charge in [0.05, 0.1) is 36.7 Å². The van der Waals surface area contributed by atoms with Crippen molar-refractivity contribution in [3.8, 4) is 17.4 Å². The van der Waals surface area contributed by atoms with E-state index in [0.29, 0.717) is 10.7 Å². The van der Waals surface area contributed by atoms with Crippen LogP contribution in [0.3, 0.4) is 0 Å². The highest BCUT2D eigenvalue weighted by Gasteiger charge is 2.17. The minimum absolute atomic E-state index is 0.205. The van der Waals surface area contributed by atoms with Crippen molar-refractivity contribution in [1.82, 2.24) is 29.1 Å². The molecule has 0 bridgehead atoms. The van der Waals surface area contributed by atoms with Gasteiger partial charge in [-0.1, -0.05) is 29.8 Å². The number of ether oxygens (including phenoxy) is 1. The Kier molecular flexibility index (Phi) is 4.76. The van der Waals surface area contributed by atoms with Crippen LogP contribution in [-0.2, 0) is 6.54 Å². The van der Waals surface area contributed by atoms with E-state index < -0.39 is 0 Å². The molecule has 5 aromatic rings. The number of fused-ring (bicyclic) bond motifs is 1. The Morgan fingerprint density at radius 3 is 2.68 bits per heavy atom. The summed E-state index contributed by atoms with van der Waals surface area (Å²) in [4.78, 5) is 17.3. The van der Waals surface area contributed by atoms with Crippen LogP contribution in [0.5, 0.6) is 6.01 Å². The molecular weight excluding hydrogens is 416 g/mol. The molecule has 0 saturated carbocycles. The van der Waals surface area contributed by atoms with Crippen molar-refractivity contribution in [2.45, 2.75) is 6.54 Å². The van der Waals surface area contributed by atoms with Gasteiger partial charge in [0.1, 0.15) is 0 Å². The van der Waals surface area contributed by atoms with E-state index in [1.54, 1.807) is 29.2 Å². The first kappa shape index (κ1) is 19.1. The first-order valence-electron chi connectivity index (χ1n) is 9.51. The lowest BCUT2D eigenvalue weighted by molar-refractivity contribution is 0.357.